The van der Waals surface area contributed by atoms with Gasteiger partial charge in [0.1, 0.15) is 11.8 Å². The van der Waals surface area contributed by atoms with E-state index in [0.717, 1.165) is 16.7 Å². The average Bonchev–Trinajstić information content (AvgIpc) is 3.47. The zero-order chi connectivity index (χ0) is 25.2. The first kappa shape index (κ1) is 24.7. The number of hydrazine groups is 1. The van der Waals surface area contributed by atoms with E-state index in [4.69, 9.17) is 4.74 Å². The van der Waals surface area contributed by atoms with Gasteiger partial charge in [-0.15, -0.1) is 11.3 Å². The van der Waals surface area contributed by atoms with Crippen molar-refractivity contribution in [3.63, 3.8) is 0 Å². The van der Waals surface area contributed by atoms with E-state index in [0.29, 0.717) is 10.6 Å². The number of thiophene rings is 1. The summed E-state index contributed by atoms with van der Waals surface area (Å²) in [5, 5.41) is 4.54. The minimum Gasteiger partial charge on any atom is -0.483 e. The van der Waals surface area contributed by atoms with Crippen molar-refractivity contribution in [3.8, 4) is 16.9 Å². The predicted molar refractivity (Wildman–Crippen MR) is 139 cm³/mol. The first-order valence-corrected chi connectivity index (χ1v) is 12.2. The minimum atomic E-state index is -0.887. The molecule has 0 aliphatic carbocycles. The number of para-hydroxylation sites is 1. The van der Waals surface area contributed by atoms with Crippen molar-refractivity contribution in [3.05, 3.63) is 113 Å². The second-order valence-corrected chi connectivity index (χ2v) is 8.83. The second kappa shape index (κ2) is 12.3. The maximum Gasteiger partial charge on any atom is 0.276 e. The fourth-order valence-electron chi connectivity index (χ4n) is 3.54. The first-order chi connectivity index (χ1) is 17.6. The molecule has 3 amide bonds. The summed E-state index contributed by atoms with van der Waals surface area (Å²) in [5.41, 5.74) is 7.47. The number of hydrogen-bond acceptors (Lipinski definition) is 5. The minimum absolute atomic E-state index is 0.264. The number of hydrogen-bond donors (Lipinski definition) is 3. The van der Waals surface area contributed by atoms with Crippen LogP contribution in [0.15, 0.2) is 102 Å². The van der Waals surface area contributed by atoms with Crippen LogP contribution in [0.3, 0.4) is 0 Å². The topological polar surface area (TPSA) is 96.5 Å². The highest BCUT2D eigenvalue weighted by molar-refractivity contribution is 7.12. The van der Waals surface area contributed by atoms with Crippen molar-refractivity contribution < 1.29 is 19.1 Å². The summed E-state index contributed by atoms with van der Waals surface area (Å²) in [6, 6.07) is 29.0. The third-order valence-corrected chi connectivity index (χ3v) is 6.17. The van der Waals surface area contributed by atoms with Crippen LogP contribution in [0.1, 0.15) is 15.2 Å². The van der Waals surface area contributed by atoms with Gasteiger partial charge in [-0.05, 0) is 28.6 Å². The number of amides is 3. The Balaban J connectivity index is 1.35. The Morgan fingerprint density at radius 1 is 0.778 bits per heavy atom. The lowest BCUT2D eigenvalue weighted by atomic mass is 10.1. The molecule has 36 heavy (non-hydrogen) atoms. The largest absolute Gasteiger partial charge is 0.483 e. The second-order valence-electron chi connectivity index (χ2n) is 7.88. The van der Waals surface area contributed by atoms with E-state index < -0.39 is 17.9 Å². The third-order valence-electron chi connectivity index (χ3n) is 5.31. The molecule has 182 valence electrons. The molecule has 0 saturated carbocycles. The number of ether oxygens (including phenoxy) is 1. The zero-order valence-corrected chi connectivity index (χ0v) is 20.2. The van der Waals surface area contributed by atoms with Crippen LogP contribution < -0.4 is 20.9 Å². The fourth-order valence-corrected chi connectivity index (χ4v) is 4.17. The highest BCUT2D eigenvalue weighted by Gasteiger charge is 2.23. The van der Waals surface area contributed by atoms with Gasteiger partial charge in [0, 0.05) is 12.0 Å². The summed E-state index contributed by atoms with van der Waals surface area (Å²) >= 11 is 1.28. The fraction of sp³-hybridized carbons (Fsp3) is 0.107. The lowest BCUT2D eigenvalue weighted by molar-refractivity contribution is -0.130. The maximum atomic E-state index is 12.9. The zero-order valence-electron chi connectivity index (χ0n) is 19.3. The van der Waals surface area contributed by atoms with E-state index >= 15 is 0 Å². The molecule has 3 aromatic carbocycles. The number of benzene rings is 3. The van der Waals surface area contributed by atoms with Crippen molar-refractivity contribution in [2.24, 2.45) is 0 Å². The van der Waals surface area contributed by atoms with E-state index in [9.17, 15) is 14.4 Å². The summed E-state index contributed by atoms with van der Waals surface area (Å²) in [7, 11) is 0. The smallest absolute Gasteiger partial charge is 0.276 e. The third kappa shape index (κ3) is 6.80. The lowest BCUT2D eigenvalue weighted by Gasteiger charge is -2.19. The molecule has 7 nitrogen and oxygen atoms in total. The van der Waals surface area contributed by atoms with Crippen LogP contribution in [0.2, 0.25) is 0 Å². The molecule has 0 saturated heterocycles. The van der Waals surface area contributed by atoms with Crippen LogP contribution >= 0.6 is 11.3 Å². The molecule has 1 heterocycles. The van der Waals surface area contributed by atoms with Crippen molar-refractivity contribution >= 4 is 29.1 Å². The Bertz CT molecular complexity index is 1290. The van der Waals surface area contributed by atoms with Gasteiger partial charge in [-0.2, -0.15) is 0 Å². The van der Waals surface area contributed by atoms with Gasteiger partial charge in [-0.3, -0.25) is 25.2 Å². The summed E-state index contributed by atoms with van der Waals surface area (Å²) in [6.07, 6.45) is 0.264. The van der Waals surface area contributed by atoms with E-state index in [1.807, 2.05) is 78.9 Å². The van der Waals surface area contributed by atoms with Crippen LogP contribution in [0.4, 0.5) is 0 Å². The van der Waals surface area contributed by atoms with E-state index in [1.165, 1.54) is 11.3 Å². The molecule has 0 unspecified atom stereocenters. The molecular formula is C28H25N3O4S. The molecule has 0 aliphatic heterocycles. The van der Waals surface area contributed by atoms with Gasteiger partial charge < -0.3 is 10.1 Å². The Labute approximate surface area is 213 Å². The number of rotatable bonds is 9. The van der Waals surface area contributed by atoms with Gasteiger partial charge in [0.15, 0.2) is 6.61 Å². The SMILES string of the molecule is O=C(COc1ccccc1-c1ccccc1)NNC(=O)[C@H](Cc1ccccc1)NC(=O)c1cccs1. The summed E-state index contributed by atoms with van der Waals surface area (Å²) < 4.78 is 5.72. The Morgan fingerprint density at radius 3 is 2.19 bits per heavy atom. The van der Waals surface area contributed by atoms with Crippen LogP contribution in [0.5, 0.6) is 5.75 Å². The molecule has 0 bridgehead atoms. The molecule has 8 heteroatoms. The molecule has 0 aliphatic rings. The van der Waals surface area contributed by atoms with E-state index in [1.54, 1.807) is 23.6 Å². The average molecular weight is 500 g/mol. The Kier molecular flexibility index (Phi) is 8.45. The number of nitrogens with one attached hydrogen (secondary N) is 3. The quantitative estimate of drug-likeness (QED) is 0.304. The molecule has 4 aromatic rings. The number of carbonyl (C=O) groups excluding carboxylic acids is 3. The molecule has 1 atom stereocenters. The summed E-state index contributed by atoms with van der Waals surface area (Å²) in [5.74, 6) is -0.875. The van der Waals surface area contributed by atoms with Gasteiger partial charge in [0.25, 0.3) is 17.7 Å². The lowest BCUT2D eigenvalue weighted by Crippen LogP contribution is -2.53. The van der Waals surface area contributed by atoms with Crippen LogP contribution in [-0.4, -0.2) is 30.4 Å². The highest BCUT2D eigenvalue weighted by atomic mass is 32.1. The van der Waals surface area contributed by atoms with Gasteiger partial charge in [-0.1, -0.05) is 84.9 Å². The monoisotopic (exact) mass is 499 g/mol. The van der Waals surface area contributed by atoms with Crippen LogP contribution in [0, 0.1) is 0 Å². The van der Waals surface area contributed by atoms with E-state index in [2.05, 4.69) is 16.2 Å². The maximum absolute atomic E-state index is 12.9. The normalized spacial score (nSPS) is 11.2. The van der Waals surface area contributed by atoms with Gasteiger partial charge >= 0.3 is 0 Å². The van der Waals surface area contributed by atoms with E-state index in [-0.39, 0.29) is 18.9 Å². The Morgan fingerprint density at radius 2 is 1.47 bits per heavy atom. The molecule has 1 aromatic heterocycles. The molecule has 4 rings (SSSR count). The highest BCUT2D eigenvalue weighted by Crippen LogP contribution is 2.29. The van der Waals surface area contributed by atoms with Gasteiger partial charge in [0.05, 0.1) is 4.88 Å². The summed E-state index contributed by atoms with van der Waals surface area (Å²) in [6.45, 7) is -0.297. The molecule has 3 N–H and O–H groups in total. The van der Waals surface area contributed by atoms with Gasteiger partial charge in [0.2, 0.25) is 0 Å². The molecular weight excluding hydrogens is 474 g/mol. The number of carbonyl (C=O) groups is 3. The molecule has 0 radical (unpaired) electrons. The van der Waals surface area contributed by atoms with Crippen molar-refractivity contribution in [1.82, 2.24) is 16.2 Å². The van der Waals surface area contributed by atoms with Crippen LogP contribution in [-0.2, 0) is 16.0 Å². The van der Waals surface area contributed by atoms with Crippen molar-refractivity contribution in [2.75, 3.05) is 6.61 Å². The predicted octanol–water partition coefficient (Wildman–Crippen LogP) is 3.98. The summed E-state index contributed by atoms with van der Waals surface area (Å²) in [4.78, 5) is 38.4. The molecule has 0 fully saturated rings. The van der Waals surface area contributed by atoms with Crippen LogP contribution in [0.25, 0.3) is 11.1 Å². The molecule has 0 spiro atoms. The first-order valence-electron chi connectivity index (χ1n) is 11.3. The van der Waals surface area contributed by atoms with Gasteiger partial charge in [-0.25, -0.2) is 0 Å². The Hall–Kier alpha value is -4.43. The van der Waals surface area contributed by atoms with Crippen molar-refractivity contribution in [2.45, 2.75) is 12.5 Å². The van der Waals surface area contributed by atoms with Crippen molar-refractivity contribution in [1.29, 1.82) is 0 Å². The standard InChI is InChI=1S/C28H25N3O4S/c32-26(19-35-24-15-8-7-14-22(24)21-12-5-2-6-13-21)30-31-27(33)23(18-20-10-3-1-4-11-20)29-28(34)25-16-9-17-36-25/h1-17,23H,18-19H2,(H,29,34)(H,30,32)(H,31,33)/t23-/m0/s1.